The SMILES string of the molecule is Cc1cccc(CSc2nc3c(c(N[C@H](C)CO)n2)S(=O)C=N3)c1F. The molecule has 1 aromatic heterocycles. The maximum Gasteiger partial charge on any atom is 0.191 e. The number of aliphatic hydroxyl groups excluding tert-OH is 1. The monoisotopic (exact) mass is 380 g/mol. The Balaban J connectivity index is 1.87. The van der Waals surface area contributed by atoms with E-state index < -0.39 is 10.8 Å². The summed E-state index contributed by atoms with van der Waals surface area (Å²) in [7, 11) is -1.41. The summed E-state index contributed by atoms with van der Waals surface area (Å²) in [6.07, 6.45) is 0. The van der Waals surface area contributed by atoms with Crippen LogP contribution in [0.15, 0.2) is 33.2 Å². The number of fused-ring (bicyclic) bond motifs is 1. The molecule has 2 atom stereocenters. The number of anilines is 1. The predicted octanol–water partition coefficient (Wildman–Crippen LogP) is 2.79. The fourth-order valence-corrected chi connectivity index (χ4v) is 3.93. The molecule has 0 spiro atoms. The smallest absolute Gasteiger partial charge is 0.191 e. The van der Waals surface area contributed by atoms with Gasteiger partial charge < -0.3 is 10.4 Å². The van der Waals surface area contributed by atoms with Gasteiger partial charge in [-0.15, -0.1) is 0 Å². The summed E-state index contributed by atoms with van der Waals surface area (Å²) in [4.78, 5) is 13.1. The van der Waals surface area contributed by atoms with Crippen molar-refractivity contribution in [2.24, 2.45) is 4.99 Å². The van der Waals surface area contributed by atoms with E-state index in [-0.39, 0.29) is 18.5 Å². The predicted molar refractivity (Wildman–Crippen MR) is 97.5 cm³/mol. The third-order valence-electron chi connectivity index (χ3n) is 3.58. The minimum Gasteiger partial charge on any atom is -0.394 e. The molecule has 3 rings (SSSR count). The Morgan fingerprint density at radius 1 is 1.40 bits per heavy atom. The third kappa shape index (κ3) is 3.88. The van der Waals surface area contributed by atoms with Gasteiger partial charge in [0.05, 0.1) is 12.2 Å². The van der Waals surface area contributed by atoms with E-state index in [1.54, 1.807) is 32.0 Å². The van der Waals surface area contributed by atoms with Gasteiger partial charge in [0.15, 0.2) is 11.0 Å². The second-order valence-corrected chi connectivity index (χ2v) is 7.76. The van der Waals surface area contributed by atoms with Gasteiger partial charge in [-0.25, -0.2) is 23.6 Å². The molecule has 0 bridgehead atoms. The third-order valence-corrected chi connectivity index (χ3v) is 5.56. The number of hydrogen-bond acceptors (Lipinski definition) is 7. The van der Waals surface area contributed by atoms with Crippen molar-refractivity contribution in [1.82, 2.24) is 9.97 Å². The fraction of sp³-hybridized carbons (Fsp3) is 0.312. The van der Waals surface area contributed by atoms with Crippen LogP contribution in [-0.2, 0) is 16.6 Å². The van der Waals surface area contributed by atoms with Crippen molar-refractivity contribution in [3.8, 4) is 0 Å². The number of nitrogens with zero attached hydrogens (tertiary/aromatic N) is 3. The minimum absolute atomic E-state index is 0.0940. The summed E-state index contributed by atoms with van der Waals surface area (Å²) in [5.74, 6) is 0.860. The van der Waals surface area contributed by atoms with Crippen molar-refractivity contribution in [2.45, 2.75) is 35.7 Å². The molecule has 0 amide bonds. The highest BCUT2D eigenvalue weighted by Gasteiger charge is 2.24. The van der Waals surface area contributed by atoms with Crippen LogP contribution in [0.2, 0.25) is 0 Å². The summed E-state index contributed by atoms with van der Waals surface area (Å²) in [5, 5.41) is 12.7. The highest BCUT2D eigenvalue weighted by molar-refractivity contribution is 7.99. The Morgan fingerprint density at radius 2 is 2.20 bits per heavy atom. The zero-order valence-corrected chi connectivity index (χ0v) is 15.3. The maximum atomic E-state index is 14.1. The van der Waals surface area contributed by atoms with Gasteiger partial charge in [-0.2, -0.15) is 0 Å². The minimum atomic E-state index is -1.41. The van der Waals surface area contributed by atoms with E-state index in [2.05, 4.69) is 20.3 Å². The van der Waals surface area contributed by atoms with Gasteiger partial charge in [0.2, 0.25) is 0 Å². The molecule has 1 aliphatic rings. The zero-order valence-electron chi connectivity index (χ0n) is 13.7. The molecule has 6 nitrogen and oxygen atoms in total. The van der Waals surface area contributed by atoms with E-state index in [4.69, 9.17) is 0 Å². The molecule has 1 unspecified atom stereocenters. The molecule has 1 aromatic carbocycles. The summed E-state index contributed by atoms with van der Waals surface area (Å²) in [5.41, 5.74) is 2.47. The first-order valence-electron chi connectivity index (χ1n) is 7.60. The average molecular weight is 380 g/mol. The van der Waals surface area contributed by atoms with E-state index in [1.165, 1.54) is 17.3 Å². The zero-order chi connectivity index (χ0) is 18.0. The van der Waals surface area contributed by atoms with Crippen LogP contribution in [0.3, 0.4) is 0 Å². The number of rotatable bonds is 6. The number of aryl methyl sites for hydroxylation is 1. The molecule has 0 saturated heterocycles. The number of halogens is 1. The van der Waals surface area contributed by atoms with Crippen molar-refractivity contribution < 1.29 is 13.7 Å². The van der Waals surface area contributed by atoms with Crippen LogP contribution in [0, 0.1) is 12.7 Å². The van der Waals surface area contributed by atoms with Crippen molar-refractivity contribution in [1.29, 1.82) is 0 Å². The van der Waals surface area contributed by atoms with Gasteiger partial charge in [-0.05, 0) is 25.0 Å². The van der Waals surface area contributed by atoms with Crippen molar-refractivity contribution in [3.05, 3.63) is 35.1 Å². The molecule has 2 aromatic rings. The van der Waals surface area contributed by atoms with Crippen molar-refractivity contribution >= 4 is 39.7 Å². The summed E-state index contributed by atoms with van der Waals surface area (Å²) in [6.45, 7) is 3.41. The molecule has 0 radical (unpaired) electrons. The fourth-order valence-electron chi connectivity index (χ4n) is 2.25. The Morgan fingerprint density at radius 3 is 2.96 bits per heavy atom. The topological polar surface area (TPSA) is 87.5 Å². The van der Waals surface area contributed by atoms with E-state index in [0.717, 1.165) is 0 Å². The summed E-state index contributed by atoms with van der Waals surface area (Å²) < 4.78 is 26.2. The Labute approximate surface area is 151 Å². The molecule has 0 fully saturated rings. The lowest BCUT2D eigenvalue weighted by atomic mass is 10.1. The number of benzene rings is 1. The Bertz CT molecular complexity index is 860. The van der Waals surface area contributed by atoms with Crippen LogP contribution < -0.4 is 5.32 Å². The average Bonchev–Trinajstić information content (AvgIpc) is 2.97. The second-order valence-electron chi connectivity index (χ2n) is 5.60. The number of thioether (sulfide) groups is 1. The molecular weight excluding hydrogens is 363 g/mol. The maximum absolute atomic E-state index is 14.1. The van der Waals surface area contributed by atoms with Crippen LogP contribution in [0.5, 0.6) is 0 Å². The first-order chi connectivity index (χ1) is 12.0. The largest absolute Gasteiger partial charge is 0.394 e. The molecule has 25 heavy (non-hydrogen) atoms. The van der Waals surface area contributed by atoms with E-state index in [0.29, 0.717) is 38.6 Å². The van der Waals surface area contributed by atoms with Gasteiger partial charge in [-0.3, -0.25) is 0 Å². The van der Waals surface area contributed by atoms with Gasteiger partial charge in [0.25, 0.3) is 0 Å². The van der Waals surface area contributed by atoms with Crippen LogP contribution in [-0.4, -0.2) is 37.5 Å². The van der Waals surface area contributed by atoms with Gasteiger partial charge in [0.1, 0.15) is 27.3 Å². The van der Waals surface area contributed by atoms with E-state index >= 15 is 0 Å². The van der Waals surface area contributed by atoms with Gasteiger partial charge >= 0.3 is 0 Å². The van der Waals surface area contributed by atoms with Crippen LogP contribution in [0.4, 0.5) is 16.0 Å². The lowest BCUT2D eigenvalue weighted by molar-refractivity contribution is 0.281. The van der Waals surface area contributed by atoms with Crippen LogP contribution in [0.1, 0.15) is 18.1 Å². The van der Waals surface area contributed by atoms with Gasteiger partial charge in [0, 0.05) is 11.8 Å². The number of aromatic nitrogens is 2. The Kier molecular flexibility index (Phi) is 5.45. The lowest BCUT2D eigenvalue weighted by Gasteiger charge is -2.14. The quantitative estimate of drug-likeness (QED) is 0.592. The highest BCUT2D eigenvalue weighted by Crippen LogP contribution is 2.34. The number of nitrogens with one attached hydrogen (secondary N) is 1. The van der Waals surface area contributed by atoms with Crippen LogP contribution >= 0.6 is 11.8 Å². The normalized spacial score (nSPS) is 16.7. The standard InChI is InChI=1S/C16H17FN4O2S2/c1-9-4-3-5-11(12(9)17)7-24-16-20-14-13(25(23)8-18-14)15(21-16)19-10(2)6-22/h3-5,8,10,22H,6-7H2,1-2H3,(H,19,20,21)/t10-,25?/m1/s1. The summed E-state index contributed by atoms with van der Waals surface area (Å²) in [6, 6.07) is 4.99. The number of aliphatic imine (C=N–C) groups is 1. The molecule has 2 N–H and O–H groups in total. The number of aliphatic hydroxyl groups is 1. The van der Waals surface area contributed by atoms with Crippen molar-refractivity contribution in [3.63, 3.8) is 0 Å². The first-order valence-corrected chi connectivity index (χ1v) is 9.80. The molecule has 9 heteroatoms. The molecule has 132 valence electrons. The van der Waals surface area contributed by atoms with Crippen LogP contribution in [0.25, 0.3) is 0 Å². The second kappa shape index (κ2) is 7.59. The molecule has 0 aliphatic carbocycles. The molecule has 0 saturated carbocycles. The van der Waals surface area contributed by atoms with Crippen molar-refractivity contribution in [2.75, 3.05) is 11.9 Å². The first kappa shape index (κ1) is 18.0. The summed E-state index contributed by atoms with van der Waals surface area (Å²) >= 11 is 1.27. The molecule has 2 heterocycles. The molecule has 1 aliphatic heterocycles. The van der Waals surface area contributed by atoms with E-state index in [9.17, 15) is 13.7 Å². The van der Waals surface area contributed by atoms with Gasteiger partial charge in [-0.1, -0.05) is 30.0 Å². The number of hydrogen-bond donors (Lipinski definition) is 2. The lowest BCUT2D eigenvalue weighted by Crippen LogP contribution is -2.21. The molecular formula is C16H17FN4O2S2. The Hall–Kier alpha value is -1.84. The van der Waals surface area contributed by atoms with E-state index in [1.807, 2.05) is 0 Å². The highest BCUT2D eigenvalue weighted by atomic mass is 32.2.